The Bertz CT molecular complexity index is 762. The Balaban J connectivity index is 1.77. The second-order valence-electron chi connectivity index (χ2n) is 7.16. The second-order valence-corrected chi connectivity index (χ2v) is 7.60. The fraction of sp³-hybridized carbons (Fsp3) is 0.474. The molecule has 2 unspecified atom stereocenters. The van der Waals surface area contributed by atoms with Gasteiger partial charge in [-0.15, -0.1) is 0 Å². The van der Waals surface area contributed by atoms with Crippen molar-refractivity contribution in [3.63, 3.8) is 0 Å². The van der Waals surface area contributed by atoms with Gasteiger partial charge in [-0.05, 0) is 36.6 Å². The van der Waals surface area contributed by atoms with Gasteiger partial charge in [-0.1, -0.05) is 30.3 Å². The van der Waals surface area contributed by atoms with Gasteiger partial charge in [0.05, 0.1) is 11.3 Å². The Hall–Kier alpha value is -2.02. The summed E-state index contributed by atoms with van der Waals surface area (Å²) in [6, 6.07) is 6.92. The molecule has 1 aromatic carbocycles. The molecule has 0 spiro atoms. The van der Waals surface area contributed by atoms with Gasteiger partial charge >= 0.3 is 6.18 Å². The van der Waals surface area contributed by atoms with Crippen molar-refractivity contribution in [1.82, 2.24) is 10.2 Å². The standard InChI is InChI=1S/C19H20ClF3N2O2/c1-2-16(26)24-9-12-10-25(11-15(12)19(21,22)23)17(27)18(6-7-18)13-4-3-5-14(20)8-13/h2-5,8,12,15H,1,6-7,9-11H2,(H,24,26). The van der Waals surface area contributed by atoms with E-state index < -0.39 is 29.3 Å². The Morgan fingerprint density at radius 1 is 1.33 bits per heavy atom. The largest absolute Gasteiger partial charge is 0.393 e. The van der Waals surface area contributed by atoms with Crippen LogP contribution in [-0.4, -0.2) is 42.5 Å². The van der Waals surface area contributed by atoms with Gasteiger partial charge in [-0.2, -0.15) is 13.2 Å². The number of halogens is 4. The van der Waals surface area contributed by atoms with Gasteiger partial charge in [-0.25, -0.2) is 0 Å². The first kappa shape index (κ1) is 19.7. The van der Waals surface area contributed by atoms with Crippen molar-refractivity contribution >= 4 is 23.4 Å². The molecule has 0 bridgehead atoms. The number of likely N-dealkylation sites (tertiary alicyclic amines) is 1. The molecule has 1 heterocycles. The molecule has 1 aliphatic carbocycles. The van der Waals surface area contributed by atoms with Crippen LogP contribution < -0.4 is 5.32 Å². The summed E-state index contributed by atoms with van der Waals surface area (Å²) in [4.78, 5) is 25.7. The molecular weight excluding hydrogens is 381 g/mol. The lowest BCUT2D eigenvalue weighted by atomic mass is 9.94. The van der Waals surface area contributed by atoms with E-state index in [2.05, 4.69) is 11.9 Å². The molecule has 3 rings (SSSR count). The SMILES string of the molecule is C=CC(=O)NCC1CN(C(=O)C2(c3cccc(Cl)c3)CC2)CC1C(F)(F)F. The van der Waals surface area contributed by atoms with Crippen LogP contribution in [-0.2, 0) is 15.0 Å². The molecule has 1 saturated heterocycles. The molecule has 1 N–H and O–H groups in total. The lowest BCUT2D eigenvalue weighted by Gasteiger charge is -2.24. The van der Waals surface area contributed by atoms with Crippen molar-refractivity contribution < 1.29 is 22.8 Å². The summed E-state index contributed by atoms with van der Waals surface area (Å²) < 4.78 is 40.4. The normalized spacial score (nSPS) is 23.8. The summed E-state index contributed by atoms with van der Waals surface area (Å²) in [6.45, 7) is 2.71. The number of carbonyl (C=O) groups excluding carboxylic acids is 2. The number of benzene rings is 1. The summed E-state index contributed by atoms with van der Waals surface area (Å²) in [7, 11) is 0. The average molecular weight is 401 g/mol. The summed E-state index contributed by atoms with van der Waals surface area (Å²) in [5, 5.41) is 2.91. The van der Waals surface area contributed by atoms with Crippen LogP contribution in [0.3, 0.4) is 0 Å². The third-order valence-corrected chi connectivity index (χ3v) is 5.64. The molecule has 8 heteroatoms. The number of nitrogens with one attached hydrogen (secondary N) is 1. The average Bonchev–Trinajstić information content (AvgIpc) is 3.31. The minimum atomic E-state index is -4.44. The summed E-state index contributed by atoms with van der Waals surface area (Å²) in [6.07, 6.45) is -2.24. The van der Waals surface area contributed by atoms with Crippen LogP contribution in [0.15, 0.2) is 36.9 Å². The Morgan fingerprint density at radius 2 is 2.04 bits per heavy atom. The van der Waals surface area contributed by atoms with E-state index in [1.807, 2.05) is 0 Å². The molecule has 2 aliphatic rings. The van der Waals surface area contributed by atoms with Crippen LogP contribution in [0.5, 0.6) is 0 Å². The minimum absolute atomic E-state index is 0.0389. The smallest absolute Gasteiger partial charge is 0.352 e. The molecule has 0 radical (unpaired) electrons. The molecular formula is C19H20ClF3N2O2. The zero-order chi connectivity index (χ0) is 19.8. The predicted octanol–water partition coefficient (Wildman–Crippen LogP) is 3.31. The monoisotopic (exact) mass is 400 g/mol. The summed E-state index contributed by atoms with van der Waals surface area (Å²) in [5.41, 5.74) is -0.0349. The molecule has 1 aliphatic heterocycles. The first-order valence-electron chi connectivity index (χ1n) is 8.70. The highest BCUT2D eigenvalue weighted by atomic mass is 35.5. The second kappa shape index (κ2) is 7.19. The van der Waals surface area contributed by atoms with Crippen LogP contribution in [0.4, 0.5) is 13.2 Å². The van der Waals surface area contributed by atoms with Crippen molar-refractivity contribution in [3.8, 4) is 0 Å². The van der Waals surface area contributed by atoms with E-state index in [1.165, 1.54) is 4.90 Å². The molecule has 4 nitrogen and oxygen atoms in total. The number of hydrogen-bond donors (Lipinski definition) is 1. The summed E-state index contributed by atoms with van der Waals surface area (Å²) >= 11 is 6.01. The number of rotatable bonds is 5. The van der Waals surface area contributed by atoms with E-state index >= 15 is 0 Å². The van der Waals surface area contributed by atoms with Crippen molar-refractivity contribution in [1.29, 1.82) is 0 Å². The topological polar surface area (TPSA) is 49.4 Å². The number of alkyl halides is 3. The minimum Gasteiger partial charge on any atom is -0.352 e. The van der Waals surface area contributed by atoms with E-state index in [-0.39, 0.29) is 25.5 Å². The maximum Gasteiger partial charge on any atom is 0.393 e. The van der Waals surface area contributed by atoms with Gasteiger partial charge in [0.2, 0.25) is 11.8 Å². The highest BCUT2D eigenvalue weighted by Crippen LogP contribution is 2.51. The predicted molar refractivity (Wildman–Crippen MR) is 95.2 cm³/mol. The molecule has 146 valence electrons. The molecule has 2 amide bonds. The third-order valence-electron chi connectivity index (χ3n) is 5.41. The van der Waals surface area contributed by atoms with E-state index in [0.717, 1.165) is 11.6 Å². The van der Waals surface area contributed by atoms with Crippen LogP contribution in [0.25, 0.3) is 0 Å². The van der Waals surface area contributed by atoms with E-state index in [0.29, 0.717) is 17.9 Å². The van der Waals surface area contributed by atoms with Gasteiger partial charge in [0.25, 0.3) is 0 Å². The van der Waals surface area contributed by atoms with Gasteiger partial charge < -0.3 is 10.2 Å². The lowest BCUT2D eigenvalue weighted by molar-refractivity contribution is -0.180. The number of amides is 2. The van der Waals surface area contributed by atoms with Gasteiger partial charge in [-0.3, -0.25) is 9.59 Å². The van der Waals surface area contributed by atoms with Crippen LogP contribution in [0.1, 0.15) is 18.4 Å². The van der Waals surface area contributed by atoms with Gasteiger partial charge in [0.1, 0.15) is 0 Å². The molecule has 1 aromatic rings. The van der Waals surface area contributed by atoms with Crippen molar-refractivity contribution in [2.45, 2.75) is 24.4 Å². The molecule has 27 heavy (non-hydrogen) atoms. The first-order valence-corrected chi connectivity index (χ1v) is 9.07. The number of carbonyl (C=O) groups is 2. The van der Waals surface area contributed by atoms with Crippen molar-refractivity contribution in [2.75, 3.05) is 19.6 Å². The third kappa shape index (κ3) is 3.98. The van der Waals surface area contributed by atoms with E-state index in [1.54, 1.807) is 24.3 Å². The molecule has 0 aromatic heterocycles. The quantitative estimate of drug-likeness (QED) is 0.771. The number of nitrogens with zero attached hydrogens (tertiary/aromatic N) is 1. The first-order chi connectivity index (χ1) is 12.7. The van der Waals surface area contributed by atoms with Crippen LogP contribution >= 0.6 is 11.6 Å². The Morgan fingerprint density at radius 3 is 2.59 bits per heavy atom. The highest BCUT2D eigenvalue weighted by molar-refractivity contribution is 6.30. The van der Waals surface area contributed by atoms with Gasteiger partial charge in [0.15, 0.2) is 0 Å². The fourth-order valence-electron chi connectivity index (χ4n) is 3.76. The maximum absolute atomic E-state index is 13.5. The van der Waals surface area contributed by atoms with E-state index in [9.17, 15) is 22.8 Å². The number of hydrogen-bond acceptors (Lipinski definition) is 2. The fourth-order valence-corrected chi connectivity index (χ4v) is 3.95. The van der Waals surface area contributed by atoms with Crippen LogP contribution in [0.2, 0.25) is 5.02 Å². The zero-order valence-corrected chi connectivity index (χ0v) is 15.3. The molecule has 2 fully saturated rings. The zero-order valence-electron chi connectivity index (χ0n) is 14.6. The lowest BCUT2D eigenvalue weighted by Crippen LogP contribution is -2.39. The van der Waals surface area contributed by atoms with Gasteiger partial charge in [0, 0.05) is 30.6 Å². The Kier molecular flexibility index (Phi) is 5.25. The molecule has 1 saturated carbocycles. The van der Waals surface area contributed by atoms with Crippen molar-refractivity contribution in [2.24, 2.45) is 11.8 Å². The Labute approximate surface area is 160 Å². The molecule has 2 atom stereocenters. The highest BCUT2D eigenvalue weighted by Gasteiger charge is 2.57. The van der Waals surface area contributed by atoms with Crippen LogP contribution in [0, 0.1) is 11.8 Å². The maximum atomic E-state index is 13.5. The van der Waals surface area contributed by atoms with Crippen molar-refractivity contribution in [3.05, 3.63) is 47.5 Å². The summed E-state index contributed by atoms with van der Waals surface area (Å²) in [5.74, 6) is -3.37. The van der Waals surface area contributed by atoms with E-state index in [4.69, 9.17) is 11.6 Å².